The fourth-order valence-corrected chi connectivity index (χ4v) is 5.51. The van der Waals surface area contributed by atoms with Crippen LogP contribution in [0.1, 0.15) is 59.3 Å². The predicted molar refractivity (Wildman–Crippen MR) is 75.9 cm³/mol. The van der Waals surface area contributed by atoms with Gasteiger partial charge in [0.25, 0.3) is 0 Å². The smallest absolute Gasteiger partial charge is 0.138 e. The Kier molecular flexibility index (Phi) is 3.09. The van der Waals surface area contributed by atoms with Gasteiger partial charge in [-0.05, 0) is 54.8 Å². The molecular weight excluding hydrogens is 236 g/mol. The van der Waals surface area contributed by atoms with Crippen molar-refractivity contribution < 1.29 is 9.53 Å². The molecule has 5 atom stereocenters. The van der Waals surface area contributed by atoms with Gasteiger partial charge in [-0.15, -0.1) is 0 Å². The Labute approximate surface area is 117 Å². The maximum Gasteiger partial charge on any atom is 0.138 e. The van der Waals surface area contributed by atoms with Crippen molar-refractivity contribution in [2.75, 3.05) is 7.11 Å². The van der Waals surface area contributed by atoms with E-state index >= 15 is 0 Å². The summed E-state index contributed by atoms with van der Waals surface area (Å²) in [6, 6.07) is 0. The average molecular weight is 264 g/mol. The Hall–Kier alpha value is -0.370. The highest BCUT2D eigenvalue weighted by Crippen LogP contribution is 2.70. The summed E-state index contributed by atoms with van der Waals surface area (Å²) in [5, 5.41) is 0. The van der Waals surface area contributed by atoms with Crippen LogP contribution < -0.4 is 0 Å². The number of carbonyl (C=O) groups is 1. The first kappa shape index (κ1) is 13.6. The summed E-state index contributed by atoms with van der Waals surface area (Å²) in [4.78, 5) is 12.5. The minimum Gasteiger partial charge on any atom is -0.381 e. The van der Waals surface area contributed by atoms with Crippen LogP contribution in [0.25, 0.3) is 0 Å². The van der Waals surface area contributed by atoms with Crippen LogP contribution in [-0.4, -0.2) is 19.0 Å². The Morgan fingerprint density at radius 1 is 1.16 bits per heavy atom. The van der Waals surface area contributed by atoms with Gasteiger partial charge in [0, 0.05) is 19.4 Å². The molecule has 0 saturated heterocycles. The SMILES string of the molecule is COC1CCC([C@@H]2C[C@H]3CC[C@]2(C)C3(C)C)C(=O)C1. The second-order valence-corrected chi connectivity index (χ2v) is 7.93. The first-order valence-electron chi connectivity index (χ1n) is 7.95. The number of ether oxygens (including phenoxy) is 1. The fraction of sp³-hybridized carbons (Fsp3) is 0.941. The number of hydrogen-bond acceptors (Lipinski definition) is 2. The van der Waals surface area contributed by atoms with E-state index in [-0.39, 0.29) is 6.10 Å². The first-order valence-corrected chi connectivity index (χ1v) is 7.95. The van der Waals surface area contributed by atoms with Gasteiger partial charge >= 0.3 is 0 Å². The number of fused-ring (bicyclic) bond motifs is 2. The van der Waals surface area contributed by atoms with E-state index in [9.17, 15) is 4.79 Å². The van der Waals surface area contributed by atoms with E-state index in [1.54, 1.807) is 7.11 Å². The molecule has 0 aromatic heterocycles. The number of carbonyl (C=O) groups excluding carboxylic acids is 1. The lowest BCUT2D eigenvalue weighted by Gasteiger charge is -2.44. The molecule has 0 aliphatic heterocycles. The minimum atomic E-state index is 0.183. The normalized spacial score (nSPS) is 48.7. The standard InChI is InChI=1S/C17H28O2/c1-16(2)11-7-8-17(16,3)14(9-11)13-6-5-12(19-4)10-15(13)18/h11-14H,5-10H2,1-4H3/t11-,12?,13?,14+,17+/m1/s1. The Morgan fingerprint density at radius 3 is 2.37 bits per heavy atom. The second kappa shape index (κ2) is 4.31. The lowest BCUT2D eigenvalue weighted by molar-refractivity contribution is -0.133. The third-order valence-electron chi connectivity index (χ3n) is 7.32. The molecule has 0 spiro atoms. The first-order chi connectivity index (χ1) is 8.90. The highest BCUT2D eigenvalue weighted by molar-refractivity contribution is 5.82. The number of rotatable bonds is 2. The van der Waals surface area contributed by atoms with Gasteiger partial charge in [0.2, 0.25) is 0 Å². The fourth-order valence-electron chi connectivity index (χ4n) is 5.51. The van der Waals surface area contributed by atoms with Crippen molar-refractivity contribution in [3.8, 4) is 0 Å². The molecule has 2 heteroatoms. The van der Waals surface area contributed by atoms with Gasteiger partial charge in [-0.2, -0.15) is 0 Å². The van der Waals surface area contributed by atoms with Crippen molar-refractivity contribution in [1.29, 1.82) is 0 Å². The molecule has 3 aliphatic carbocycles. The van der Waals surface area contributed by atoms with E-state index in [2.05, 4.69) is 20.8 Å². The molecule has 19 heavy (non-hydrogen) atoms. The second-order valence-electron chi connectivity index (χ2n) is 7.93. The zero-order valence-electron chi connectivity index (χ0n) is 12.9. The largest absolute Gasteiger partial charge is 0.381 e. The summed E-state index contributed by atoms with van der Waals surface area (Å²) in [6.07, 6.45) is 6.96. The van der Waals surface area contributed by atoms with Gasteiger partial charge in [-0.3, -0.25) is 4.79 Å². The van der Waals surface area contributed by atoms with Gasteiger partial charge in [-0.25, -0.2) is 0 Å². The van der Waals surface area contributed by atoms with Crippen molar-refractivity contribution in [3.63, 3.8) is 0 Å². The molecule has 2 bridgehead atoms. The number of ketones is 1. The molecule has 0 N–H and O–H groups in total. The molecule has 0 radical (unpaired) electrons. The average Bonchev–Trinajstić information content (AvgIpc) is 2.71. The molecular formula is C17H28O2. The van der Waals surface area contributed by atoms with Crippen molar-refractivity contribution in [2.45, 2.75) is 65.4 Å². The van der Waals surface area contributed by atoms with Crippen LogP contribution in [0, 0.1) is 28.6 Å². The molecule has 3 rings (SSSR count). The summed E-state index contributed by atoms with van der Waals surface area (Å²) in [7, 11) is 1.74. The quantitative estimate of drug-likeness (QED) is 0.757. The van der Waals surface area contributed by atoms with Crippen molar-refractivity contribution in [3.05, 3.63) is 0 Å². The van der Waals surface area contributed by atoms with E-state index in [4.69, 9.17) is 4.74 Å². The topological polar surface area (TPSA) is 26.3 Å². The minimum absolute atomic E-state index is 0.183. The van der Waals surface area contributed by atoms with Gasteiger partial charge in [0.1, 0.15) is 5.78 Å². The van der Waals surface area contributed by atoms with Crippen LogP contribution in [0.4, 0.5) is 0 Å². The molecule has 3 saturated carbocycles. The zero-order chi connectivity index (χ0) is 13.8. The Bertz CT molecular complexity index is 387. The van der Waals surface area contributed by atoms with Crippen LogP contribution in [0.2, 0.25) is 0 Å². The van der Waals surface area contributed by atoms with Gasteiger partial charge < -0.3 is 4.74 Å². The van der Waals surface area contributed by atoms with E-state index in [0.717, 1.165) is 18.8 Å². The summed E-state index contributed by atoms with van der Waals surface area (Å²) < 4.78 is 5.38. The summed E-state index contributed by atoms with van der Waals surface area (Å²) in [6.45, 7) is 7.34. The molecule has 0 amide bonds. The van der Waals surface area contributed by atoms with Gasteiger partial charge in [-0.1, -0.05) is 20.8 Å². The third kappa shape index (κ3) is 1.75. The highest BCUT2D eigenvalue weighted by Gasteiger charge is 2.63. The summed E-state index contributed by atoms with van der Waals surface area (Å²) >= 11 is 0. The van der Waals surface area contributed by atoms with Crippen LogP contribution in [0.5, 0.6) is 0 Å². The Balaban J connectivity index is 1.80. The highest BCUT2D eigenvalue weighted by atomic mass is 16.5. The van der Waals surface area contributed by atoms with E-state index < -0.39 is 0 Å². The van der Waals surface area contributed by atoms with Crippen LogP contribution in [-0.2, 0) is 9.53 Å². The van der Waals surface area contributed by atoms with Crippen LogP contribution >= 0.6 is 0 Å². The van der Waals surface area contributed by atoms with Gasteiger partial charge in [0.05, 0.1) is 6.10 Å². The molecule has 3 aliphatic rings. The number of Topliss-reactive ketones (excluding diaryl/α,β-unsaturated/α-hetero) is 1. The lowest BCUT2D eigenvalue weighted by Crippen LogP contribution is -2.41. The molecule has 2 nitrogen and oxygen atoms in total. The zero-order valence-corrected chi connectivity index (χ0v) is 12.9. The summed E-state index contributed by atoms with van der Waals surface area (Å²) in [5.74, 6) is 2.27. The molecule has 3 fully saturated rings. The molecule has 2 unspecified atom stereocenters. The molecule has 0 aromatic carbocycles. The van der Waals surface area contributed by atoms with E-state index in [0.29, 0.717) is 34.9 Å². The van der Waals surface area contributed by atoms with Crippen molar-refractivity contribution in [2.24, 2.45) is 28.6 Å². The molecule has 0 aromatic rings. The lowest BCUT2D eigenvalue weighted by atomic mass is 9.61. The van der Waals surface area contributed by atoms with Crippen LogP contribution in [0.15, 0.2) is 0 Å². The van der Waals surface area contributed by atoms with Gasteiger partial charge in [0.15, 0.2) is 0 Å². The maximum absolute atomic E-state index is 12.5. The third-order valence-corrected chi connectivity index (χ3v) is 7.32. The predicted octanol–water partition coefficient (Wildman–Crippen LogP) is 3.83. The van der Waals surface area contributed by atoms with Crippen molar-refractivity contribution >= 4 is 5.78 Å². The molecule has 108 valence electrons. The van der Waals surface area contributed by atoms with Crippen molar-refractivity contribution in [1.82, 2.24) is 0 Å². The Morgan fingerprint density at radius 2 is 1.89 bits per heavy atom. The van der Waals surface area contributed by atoms with E-state index in [1.165, 1.54) is 19.3 Å². The summed E-state index contributed by atoms with van der Waals surface area (Å²) in [5.41, 5.74) is 0.813. The number of hydrogen-bond donors (Lipinski definition) is 0. The monoisotopic (exact) mass is 264 g/mol. The van der Waals surface area contributed by atoms with E-state index in [1.807, 2.05) is 0 Å². The number of methoxy groups -OCH3 is 1. The maximum atomic E-state index is 12.5. The molecule has 0 heterocycles. The van der Waals surface area contributed by atoms with Crippen LogP contribution in [0.3, 0.4) is 0 Å².